The molecule has 0 aliphatic heterocycles. The summed E-state index contributed by atoms with van der Waals surface area (Å²) in [6, 6.07) is 4.93. The maximum atomic E-state index is 9.52. The Morgan fingerprint density at radius 1 is 1.09 bits per heavy atom. The molecule has 1 aromatic heterocycles. The van der Waals surface area contributed by atoms with Gasteiger partial charge in [-0.15, -0.1) is 0 Å². The Kier molecular flexibility index (Phi) is 4.13. The van der Waals surface area contributed by atoms with Gasteiger partial charge < -0.3 is 15.5 Å². The van der Waals surface area contributed by atoms with Gasteiger partial charge in [0, 0.05) is 17.8 Å². The molecule has 2 aromatic rings. The highest BCUT2D eigenvalue weighted by Gasteiger charge is 2.16. The minimum Gasteiger partial charge on any atom is -0.504 e. The smallest absolute Gasteiger partial charge is 0.157 e. The zero-order valence-electron chi connectivity index (χ0n) is 12.8. The fourth-order valence-electron chi connectivity index (χ4n) is 2.91. The zero-order chi connectivity index (χ0) is 15.5. The molecule has 3 N–H and O–H groups in total. The first-order valence-corrected chi connectivity index (χ1v) is 7.74. The Bertz CT molecular complexity index is 686. The summed E-state index contributed by atoms with van der Waals surface area (Å²) >= 11 is 0. The zero-order valence-corrected chi connectivity index (χ0v) is 12.8. The van der Waals surface area contributed by atoms with E-state index in [0.717, 1.165) is 43.0 Å². The molecule has 1 aliphatic rings. The number of phenols is 2. The van der Waals surface area contributed by atoms with Crippen molar-refractivity contribution in [1.29, 1.82) is 0 Å². The lowest BCUT2D eigenvalue weighted by Gasteiger charge is -2.19. The number of hydrogen-bond donors (Lipinski definition) is 3. The number of fused-ring (bicyclic) bond motifs is 1. The van der Waals surface area contributed by atoms with Gasteiger partial charge in [-0.2, -0.15) is 0 Å². The fraction of sp³-hybridized carbons (Fsp3) is 0.412. The molecule has 3 rings (SSSR count). The third-order valence-electron chi connectivity index (χ3n) is 4.04. The third-order valence-corrected chi connectivity index (χ3v) is 4.04. The Labute approximate surface area is 130 Å². The number of nitrogens with one attached hydrogen (secondary N) is 1. The lowest BCUT2D eigenvalue weighted by atomic mass is 9.96. The van der Waals surface area contributed by atoms with E-state index in [1.165, 1.54) is 30.2 Å². The van der Waals surface area contributed by atoms with Gasteiger partial charge in [0.25, 0.3) is 0 Å². The number of aryl methyl sites for hydroxylation is 2. The molecule has 0 amide bonds. The van der Waals surface area contributed by atoms with Crippen molar-refractivity contribution in [3.63, 3.8) is 0 Å². The molecule has 0 spiro atoms. The van der Waals surface area contributed by atoms with E-state index in [4.69, 9.17) is 0 Å². The van der Waals surface area contributed by atoms with Crippen molar-refractivity contribution in [2.24, 2.45) is 0 Å². The van der Waals surface area contributed by atoms with E-state index in [-0.39, 0.29) is 11.5 Å². The molecule has 0 unspecified atom stereocenters. The van der Waals surface area contributed by atoms with Gasteiger partial charge in [0.15, 0.2) is 11.5 Å². The van der Waals surface area contributed by atoms with Crippen molar-refractivity contribution >= 4 is 5.82 Å². The van der Waals surface area contributed by atoms with Crippen molar-refractivity contribution in [2.75, 3.05) is 11.9 Å². The normalized spacial score (nSPS) is 13.7. The number of hydrogen-bond acceptors (Lipinski definition) is 5. The number of aromatic nitrogens is 2. The van der Waals surface area contributed by atoms with E-state index >= 15 is 0 Å². The fourth-order valence-corrected chi connectivity index (χ4v) is 2.91. The van der Waals surface area contributed by atoms with E-state index in [1.54, 1.807) is 6.07 Å². The van der Waals surface area contributed by atoms with E-state index in [2.05, 4.69) is 15.3 Å². The molecular formula is C17H21N3O2. The van der Waals surface area contributed by atoms with Crippen LogP contribution in [0.25, 0.3) is 0 Å². The Balaban J connectivity index is 1.68. The van der Waals surface area contributed by atoms with Crippen LogP contribution in [0.1, 0.15) is 35.5 Å². The van der Waals surface area contributed by atoms with Crippen LogP contribution in [-0.4, -0.2) is 26.7 Å². The summed E-state index contributed by atoms with van der Waals surface area (Å²) in [6.45, 7) is 2.66. The highest BCUT2D eigenvalue weighted by Crippen LogP contribution is 2.26. The molecule has 22 heavy (non-hydrogen) atoms. The van der Waals surface area contributed by atoms with Crippen molar-refractivity contribution in [1.82, 2.24) is 9.97 Å². The molecule has 5 nitrogen and oxygen atoms in total. The lowest BCUT2D eigenvalue weighted by Crippen LogP contribution is -2.15. The summed E-state index contributed by atoms with van der Waals surface area (Å²) in [4.78, 5) is 9.09. The van der Waals surface area contributed by atoms with Gasteiger partial charge in [-0.3, -0.25) is 0 Å². The van der Waals surface area contributed by atoms with Crippen LogP contribution in [0.2, 0.25) is 0 Å². The number of phenolic OH excluding ortho intramolecular Hbond substituents is 2. The van der Waals surface area contributed by atoms with Crippen LogP contribution in [0.4, 0.5) is 5.82 Å². The summed E-state index contributed by atoms with van der Waals surface area (Å²) in [6.07, 6.45) is 5.23. The molecule has 116 valence electrons. The highest BCUT2D eigenvalue weighted by molar-refractivity contribution is 5.48. The molecule has 0 bridgehead atoms. The summed E-state index contributed by atoms with van der Waals surface area (Å²) in [5, 5.41) is 22.2. The molecule has 1 heterocycles. The van der Waals surface area contributed by atoms with Crippen LogP contribution in [-0.2, 0) is 19.3 Å². The summed E-state index contributed by atoms with van der Waals surface area (Å²) in [5.41, 5.74) is 3.41. The summed E-state index contributed by atoms with van der Waals surface area (Å²) in [7, 11) is 0. The number of rotatable bonds is 4. The molecule has 0 atom stereocenters. The highest BCUT2D eigenvalue weighted by atomic mass is 16.3. The van der Waals surface area contributed by atoms with Gasteiger partial charge in [0.1, 0.15) is 11.6 Å². The maximum absolute atomic E-state index is 9.52. The van der Waals surface area contributed by atoms with Crippen LogP contribution in [0.3, 0.4) is 0 Å². The van der Waals surface area contributed by atoms with E-state index in [1.807, 2.05) is 13.0 Å². The van der Waals surface area contributed by atoms with E-state index < -0.39 is 0 Å². The van der Waals surface area contributed by atoms with Crippen molar-refractivity contribution in [3.8, 4) is 11.5 Å². The second kappa shape index (κ2) is 6.22. The monoisotopic (exact) mass is 299 g/mol. The topological polar surface area (TPSA) is 78.3 Å². The molecule has 0 radical (unpaired) electrons. The predicted molar refractivity (Wildman–Crippen MR) is 85.4 cm³/mol. The van der Waals surface area contributed by atoms with Crippen molar-refractivity contribution < 1.29 is 10.2 Å². The van der Waals surface area contributed by atoms with Crippen LogP contribution < -0.4 is 5.32 Å². The number of anilines is 1. The largest absolute Gasteiger partial charge is 0.504 e. The van der Waals surface area contributed by atoms with Gasteiger partial charge in [-0.05, 0) is 56.7 Å². The summed E-state index contributed by atoms with van der Waals surface area (Å²) < 4.78 is 0. The average molecular weight is 299 g/mol. The standard InChI is InChI=1S/C17H21N3O2/c1-11-19-14-5-3-2-4-13(14)17(20-11)18-9-8-12-6-7-15(21)16(22)10-12/h6-7,10,21-22H,2-5,8-9H2,1H3,(H,18,19,20). The molecule has 1 aromatic carbocycles. The van der Waals surface area contributed by atoms with Crippen LogP contribution in [0, 0.1) is 6.92 Å². The molecule has 1 aliphatic carbocycles. The van der Waals surface area contributed by atoms with Gasteiger partial charge >= 0.3 is 0 Å². The lowest BCUT2D eigenvalue weighted by molar-refractivity contribution is 0.403. The van der Waals surface area contributed by atoms with Gasteiger partial charge in [0.2, 0.25) is 0 Å². The van der Waals surface area contributed by atoms with E-state index in [9.17, 15) is 10.2 Å². The summed E-state index contributed by atoms with van der Waals surface area (Å²) in [5.74, 6) is 1.60. The Hall–Kier alpha value is -2.30. The number of aromatic hydroxyl groups is 2. The predicted octanol–water partition coefficient (Wildman–Crippen LogP) is 2.73. The van der Waals surface area contributed by atoms with Gasteiger partial charge in [-0.25, -0.2) is 9.97 Å². The molecule has 0 saturated carbocycles. The first kappa shape index (κ1) is 14.6. The molecule has 0 fully saturated rings. The van der Waals surface area contributed by atoms with E-state index in [0.29, 0.717) is 0 Å². The SMILES string of the molecule is Cc1nc2c(c(NCCc3ccc(O)c(O)c3)n1)CCCC2. The first-order chi connectivity index (χ1) is 10.6. The first-order valence-electron chi connectivity index (χ1n) is 7.74. The Morgan fingerprint density at radius 2 is 1.91 bits per heavy atom. The van der Waals surface area contributed by atoms with Crippen molar-refractivity contribution in [2.45, 2.75) is 39.0 Å². The number of benzene rings is 1. The Morgan fingerprint density at radius 3 is 2.73 bits per heavy atom. The minimum atomic E-state index is -0.0859. The van der Waals surface area contributed by atoms with Gasteiger partial charge in [-0.1, -0.05) is 6.07 Å². The second-order valence-corrected chi connectivity index (χ2v) is 5.75. The molecule has 5 heteroatoms. The van der Waals surface area contributed by atoms with Crippen LogP contribution >= 0.6 is 0 Å². The maximum Gasteiger partial charge on any atom is 0.157 e. The van der Waals surface area contributed by atoms with Crippen LogP contribution in [0.15, 0.2) is 18.2 Å². The quantitative estimate of drug-likeness (QED) is 0.757. The minimum absolute atomic E-state index is 0.0761. The molecular weight excluding hydrogens is 278 g/mol. The number of nitrogens with zero attached hydrogens (tertiary/aromatic N) is 2. The van der Waals surface area contributed by atoms with Crippen molar-refractivity contribution in [3.05, 3.63) is 40.8 Å². The third kappa shape index (κ3) is 3.13. The van der Waals surface area contributed by atoms with Crippen LogP contribution in [0.5, 0.6) is 11.5 Å². The molecule has 0 saturated heterocycles. The average Bonchev–Trinajstić information content (AvgIpc) is 2.50. The second-order valence-electron chi connectivity index (χ2n) is 5.75. The van der Waals surface area contributed by atoms with Gasteiger partial charge in [0.05, 0.1) is 0 Å².